The first kappa shape index (κ1) is 11.0. The maximum Gasteiger partial charge on any atom is 0.0566 e. The van der Waals surface area contributed by atoms with Gasteiger partial charge in [0.2, 0.25) is 0 Å². The molecule has 0 bridgehead atoms. The van der Waals surface area contributed by atoms with E-state index < -0.39 is 0 Å². The summed E-state index contributed by atoms with van der Waals surface area (Å²) in [5.74, 6) is 0. The van der Waals surface area contributed by atoms with Crippen LogP contribution in [0.3, 0.4) is 0 Å². The van der Waals surface area contributed by atoms with Crippen LogP contribution in [0.15, 0.2) is 0 Å². The van der Waals surface area contributed by atoms with Crippen LogP contribution < -0.4 is 5.32 Å². The smallest absolute Gasteiger partial charge is 0.0566 e. The van der Waals surface area contributed by atoms with Crippen molar-refractivity contribution in [2.45, 2.75) is 33.0 Å². The van der Waals surface area contributed by atoms with Crippen molar-refractivity contribution in [1.82, 2.24) is 15.1 Å². The number of nitrogens with one attached hydrogen (secondary N) is 1. The molecular formula is C10H23N3. The Labute approximate surface area is 82.1 Å². The van der Waals surface area contributed by atoms with Crippen molar-refractivity contribution >= 4 is 0 Å². The van der Waals surface area contributed by atoms with Crippen molar-refractivity contribution in [2.24, 2.45) is 0 Å². The van der Waals surface area contributed by atoms with Gasteiger partial charge in [-0.3, -0.25) is 9.80 Å². The summed E-state index contributed by atoms with van der Waals surface area (Å²) in [5, 5.41) is 3.29. The summed E-state index contributed by atoms with van der Waals surface area (Å²) in [5.41, 5.74) is 0. The summed E-state index contributed by atoms with van der Waals surface area (Å²) >= 11 is 0. The molecule has 0 spiro atoms. The van der Waals surface area contributed by atoms with Crippen molar-refractivity contribution in [3.8, 4) is 0 Å². The molecule has 3 heteroatoms. The summed E-state index contributed by atoms with van der Waals surface area (Å²) in [4.78, 5) is 5.04. The fourth-order valence-electron chi connectivity index (χ4n) is 1.82. The normalized spacial score (nSPS) is 23.8. The molecule has 1 rings (SSSR count). The summed E-state index contributed by atoms with van der Waals surface area (Å²) in [6.45, 7) is 11.6. The van der Waals surface area contributed by atoms with Crippen LogP contribution in [0.25, 0.3) is 0 Å². The van der Waals surface area contributed by atoms with Crippen LogP contribution in [-0.2, 0) is 0 Å². The van der Waals surface area contributed by atoms with Crippen LogP contribution >= 0.6 is 0 Å². The van der Waals surface area contributed by atoms with E-state index >= 15 is 0 Å². The fourth-order valence-corrected chi connectivity index (χ4v) is 1.82. The lowest BCUT2D eigenvalue weighted by atomic mass is 10.2. The Morgan fingerprint density at radius 3 is 1.77 bits per heavy atom. The molecule has 0 saturated carbocycles. The van der Waals surface area contributed by atoms with E-state index in [-0.39, 0.29) is 0 Å². The van der Waals surface area contributed by atoms with Crippen molar-refractivity contribution in [3.05, 3.63) is 0 Å². The minimum Gasteiger partial charge on any atom is -0.305 e. The quantitative estimate of drug-likeness (QED) is 0.694. The number of hydrogen-bond donors (Lipinski definition) is 1. The number of piperazine rings is 1. The molecule has 0 amide bonds. The van der Waals surface area contributed by atoms with Gasteiger partial charge in [-0.2, -0.15) is 0 Å². The first-order valence-corrected chi connectivity index (χ1v) is 5.30. The van der Waals surface area contributed by atoms with Gasteiger partial charge in [0.15, 0.2) is 0 Å². The number of hydrogen-bond acceptors (Lipinski definition) is 3. The summed E-state index contributed by atoms with van der Waals surface area (Å²) in [7, 11) is 2.03. The average Bonchev–Trinajstić information content (AvgIpc) is 2.17. The second-order valence-corrected chi connectivity index (χ2v) is 4.13. The van der Waals surface area contributed by atoms with E-state index in [4.69, 9.17) is 0 Å². The first-order chi connectivity index (χ1) is 6.15. The summed E-state index contributed by atoms with van der Waals surface area (Å²) < 4.78 is 0. The van der Waals surface area contributed by atoms with Gasteiger partial charge in [0.25, 0.3) is 0 Å². The maximum absolute atomic E-state index is 3.29. The Morgan fingerprint density at radius 2 is 1.38 bits per heavy atom. The molecule has 1 atom stereocenters. The van der Waals surface area contributed by atoms with E-state index in [0.717, 1.165) is 0 Å². The van der Waals surface area contributed by atoms with Gasteiger partial charge in [-0.05, 0) is 27.8 Å². The second-order valence-electron chi connectivity index (χ2n) is 4.13. The lowest BCUT2D eigenvalue weighted by molar-refractivity contribution is 0.0751. The molecule has 0 aliphatic carbocycles. The molecule has 1 N–H and O–H groups in total. The van der Waals surface area contributed by atoms with Crippen molar-refractivity contribution < 1.29 is 0 Å². The van der Waals surface area contributed by atoms with Crippen LogP contribution in [0.2, 0.25) is 0 Å². The van der Waals surface area contributed by atoms with E-state index in [0.29, 0.717) is 12.2 Å². The van der Waals surface area contributed by atoms with Crippen molar-refractivity contribution in [3.63, 3.8) is 0 Å². The molecular weight excluding hydrogens is 162 g/mol. The third-order valence-corrected chi connectivity index (χ3v) is 3.04. The third kappa shape index (κ3) is 2.93. The van der Waals surface area contributed by atoms with Crippen LogP contribution in [0.1, 0.15) is 20.8 Å². The average molecular weight is 185 g/mol. The zero-order chi connectivity index (χ0) is 9.84. The minimum atomic E-state index is 0.523. The third-order valence-electron chi connectivity index (χ3n) is 3.04. The highest BCUT2D eigenvalue weighted by atomic mass is 15.3. The monoisotopic (exact) mass is 185 g/mol. The van der Waals surface area contributed by atoms with Gasteiger partial charge in [0.1, 0.15) is 0 Å². The largest absolute Gasteiger partial charge is 0.305 e. The number of nitrogens with zero attached hydrogens (tertiary/aromatic N) is 2. The number of rotatable bonds is 3. The Hall–Kier alpha value is -0.120. The zero-order valence-corrected chi connectivity index (χ0v) is 9.38. The van der Waals surface area contributed by atoms with Crippen LogP contribution in [-0.4, -0.2) is 55.2 Å². The molecule has 78 valence electrons. The van der Waals surface area contributed by atoms with Gasteiger partial charge in [-0.1, -0.05) is 0 Å². The van der Waals surface area contributed by atoms with Gasteiger partial charge in [-0.25, -0.2) is 0 Å². The highest BCUT2D eigenvalue weighted by Gasteiger charge is 2.20. The van der Waals surface area contributed by atoms with E-state index in [1.165, 1.54) is 26.2 Å². The molecule has 1 fully saturated rings. The summed E-state index contributed by atoms with van der Waals surface area (Å²) in [6, 6.07) is 0.701. The van der Waals surface area contributed by atoms with Crippen molar-refractivity contribution in [2.75, 3.05) is 33.2 Å². The molecule has 1 unspecified atom stereocenters. The standard InChI is InChI=1S/C10H23N3/c1-9(2)12-5-7-13(8-6-12)10(3)11-4/h9-11H,5-8H2,1-4H3. The summed E-state index contributed by atoms with van der Waals surface area (Å²) in [6.07, 6.45) is 0.523. The fraction of sp³-hybridized carbons (Fsp3) is 1.00. The van der Waals surface area contributed by atoms with Gasteiger partial charge in [0, 0.05) is 32.2 Å². The lowest BCUT2D eigenvalue weighted by Gasteiger charge is -2.39. The van der Waals surface area contributed by atoms with Crippen LogP contribution in [0.4, 0.5) is 0 Å². The van der Waals surface area contributed by atoms with Gasteiger partial charge in [-0.15, -0.1) is 0 Å². The minimum absolute atomic E-state index is 0.523. The lowest BCUT2D eigenvalue weighted by Crippen LogP contribution is -2.54. The molecule has 13 heavy (non-hydrogen) atoms. The Morgan fingerprint density at radius 1 is 0.923 bits per heavy atom. The molecule has 1 saturated heterocycles. The maximum atomic E-state index is 3.29. The van der Waals surface area contributed by atoms with E-state index in [2.05, 4.69) is 35.9 Å². The van der Waals surface area contributed by atoms with Gasteiger partial charge >= 0.3 is 0 Å². The molecule has 3 nitrogen and oxygen atoms in total. The molecule has 0 aromatic carbocycles. The molecule has 1 aliphatic rings. The first-order valence-electron chi connectivity index (χ1n) is 5.30. The molecule has 1 aliphatic heterocycles. The van der Waals surface area contributed by atoms with Crippen LogP contribution in [0.5, 0.6) is 0 Å². The molecule has 0 radical (unpaired) electrons. The molecule has 1 heterocycles. The highest BCUT2D eigenvalue weighted by molar-refractivity contribution is 4.76. The van der Waals surface area contributed by atoms with Gasteiger partial charge in [0.05, 0.1) is 6.17 Å². The van der Waals surface area contributed by atoms with E-state index in [9.17, 15) is 0 Å². The zero-order valence-electron chi connectivity index (χ0n) is 9.38. The Kier molecular flexibility index (Phi) is 4.16. The Balaban J connectivity index is 2.30. The highest BCUT2D eigenvalue weighted by Crippen LogP contribution is 2.07. The van der Waals surface area contributed by atoms with Crippen molar-refractivity contribution in [1.29, 1.82) is 0 Å². The van der Waals surface area contributed by atoms with E-state index in [1.807, 2.05) is 7.05 Å². The van der Waals surface area contributed by atoms with E-state index in [1.54, 1.807) is 0 Å². The predicted octanol–water partition coefficient (Wildman–Crippen LogP) is 0.578. The molecule has 0 aromatic heterocycles. The van der Waals surface area contributed by atoms with Gasteiger partial charge < -0.3 is 5.32 Å². The topological polar surface area (TPSA) is 18.5 Å². The Bertz CT molecular complexity index is 139. The second kappa shape index (κ2) is 4.94. The predicted molar refractivity (Wildman–Crippen MR) is 56.8 cm³/mol. The van der Waals surface area contributed by atoms with Crippen LogP contribution in [0, 0.1) is 0 Å². The SMILES string of the molecule is CNC(C)N1CCN(C(C)C)CC1. The molecule has 0 aromatic rings.